The second kappa shape index (κ2) is 9.46. The summed E-state index contributed by atoms with van der Waals surface area (Å²) in [5.74, 6) is 0.669. The topological polar surface area (TPSA) is 93.4 Å². The van der Waals surface area contributed by atoms with Gasteiger partial charge in [-0.2, -0.15) is 0 Å². The highest BCUT2D eigenvalue weighted by Crippen LogP contribution is 2.31. The summed E-state index contributed by atoms with van der Waals surface area (Å²) in [6.07, 6.45) is 5.90. The molecule has 176 valence electrons. The Bertz CT molecular complexity index is 1370. The highest BCUT2D eigenvalue weighted by atomic mass is 16.5. The lowest BCUT2D eigenvalue weighted by atomic mass is 10.1. The minimum Gasteiger partial charge on any atom is -0.482 e. The number of rotatable bonds is 6. The van der Waals surface area contributed by atoms with Crippen molar-refractivity contribution < 1.29 is 9.53 Å². The van der Waals surface area contributed by atoms with E-state index in [0.29, 0.717) is 22.8 Å². The molecule has 1 aliphatic rings. The van der Waals surface area contributed by atoms with Gasteiger partial charge in [0.2, 0.25) is 0 Å². The Morgan fingerprint density at radius 2 is 1.97 bits per heavy atom. The van der Waals surface area contributed by atoms with Gasteiger partial charge >= 0.3 is 0 Å². The number of carbonyl (C=O) groups is 1. The number of amides is 1. The van der Waals surface area contributed by atoms with Crippen LogP contribution >= 0.6 is 0 Å². The van der Waals surface area contributed by atoms with Crippen LogP contribution in [0.5, 0.6) is 5.75 Å². The molecule has 0 radical (unpaired) electrons. The third kappa shape index (κ3) is 4.80. The van der Waals surface area contributed by atoms with Crippen LogP contribution in [0.25, 0.3) is 11.1 Å². The van der Waals surface area contributed by atoms with E-state index in [1.807, 2.05) is 74.6 Å². The van der Waals surface area contributed by atoms with Crippen LogP contribution in [0.2, 0.25) is 0 Å². The normalized spacial score (nSPS) is 13.3. The van der Waals surface area contributed by atoms with Crippen molar-refractivity contribution in [1.82, 2.24) is 9.97 Å². The van der Waals surface area contributed by atoms with Crippen molar-refractivity contribution in [1.29, 1.82) is 0 Å². The van der Waals surface area contributed by atoms with Crippen LogP contribution in [0, 0.1) is 0 Å². The van der Waals surface area contributed by atoms with E-state index < -0.39 is 0 Å². The van der Waals surface area contributed by atoms with Crippen molar-refractivity contribution >= 4 is 23.1 Å². The molecule has 2 aromatic heterocycles. The van der Waals surface area contributed by atoms with Gasteiger partial charge in [0, 0.05) is 60.2 Å². The monoisotopic (exact) mass is 465 g/mol. The summed E-state index contributed by atoms with van der Waals surface area (Å²) in [5.41, 5.74) is 12.5. The lowest BCUT2D eigenvalue weighted by Gasteiger charge is -2.18. The van der Waals surface area contributed by atoms with Gasteiger partial charge in [-0.15, -0.1) is 0 Å². The number of anilines is 3. The van der Waals surface area contributed by atoms with Gasteiger partial charge in [0.05, 0.1) is 0 Å². The molecule has 7 nitrogen and oxygen atoms in total. The first-order valence-electron chi connectivity index (χ1n) is 11.6. The van der Waals surface area contributed by atoms with Gasteiger partial charge in [0.15, 0.2) is 11.6 Å². The Hall–Kier alpha value is -4.39. The van der Waals surface area contributed by atoms with Crippen LogP contribution in [0.1, 0.15) is 34.5 Å². The number of ether oxygens (including phenoxy) is 1. The van der Waals surface area contributed by atoms with Crippen molar-refractivity contribution in [3.05, 3.63) is 95.9 Å². The molecule has 3 N–H and O–H groups in total. The molecule has 0 bridgehead atoms. The van der Waals surface area contributed by atoms with Crippen molar-refractivity contribution in [3.8, 4) is 16.9 Å². The van der Waals surface area contributed by atoms with Gasteiger partial charge in [-0.3, -0.25) is 9.78 Å². The fraction of sp³-hybridized carbons (Fsp3) is 0.179. The summed E-state index contributed by atoms with van der Waals surface area (Å²) in [7, 11) is 2.05. The standard InChI is InChI=1S/C28H27N5O2/c1-18(35-26-15-23(17-31-27(26)29)22-6-4-11-30-16-22)20-5-3-7-24(13-20)32-28(34)21-9-8-19-10-12-33(2)25(19)14-21/h3-9,11,13-18H,10,12H2,1-2H3,(H2,29,31)(H,32,34). The molecule has 3 heterocycles. The first-order valence-corrected chi connectivity index (χ1v) is 11.6. The number of aromatic nitrogens is 2. The fourth-order valence-corrected chi connectivity index (χ4v) is 4.25. The van der Waals surface area contributed by atoms with E-state index in [-0.39, 0.29) is 12.0 Å². The lowest BCUT2D eigenvalue weighted by Crippen LogP contribution is -2.15. The molecular formula is C28H27N5O2. The van der Waals surface area contributed by atoms with E-state index in [2.05, 4.69) is 20.2 Å². The first-order chi connectivity index (χ1) is 17.0. The van der Waals surface area contributed by atoms with Crippen molar-refractivity contribution in [2.45, 2.75) is 19.4 Å². The van der Waals surface area contributed by atoms with Crippen LogP contribution in [0.15, 0.2) is 79.3 Å². The largest absolute Gasteiger partial charge is 0.482 e. The van der Waals surface area contributed by atoms with Gasteiger partial charge in [0.1, 0.15) is 6.10 Å². The summed E-state index contributed by atoms with van der Waals surface area (Å²) < 4.78 is 6.17. The number of nitrogens with zero attached hydrogens (tertiary/aromatic N) is 3. The number of benzene rings is 2. The molecule has 1 aliphatic heterocycles. The number of hydrogen-bond donors (Lipinski definition) is 2. The molecule has 0 saturated heterocycles. The number of likely N-dealkylation sites (N-methyl/N-ethyl adjacent to an activating group) is 1. The number of nitrogen functional groups attached to an aromatic ring is 1. The molecule has 0 fully saturated rings. The average molecular weight is 466 g/mol. The molecule has 4 aromatic rings. The molecule has 1 amide bonds. The summed E-state index contributed by atoms with van der Waals surface area (Å²) in [6.45, 7) is 2.92. The number of pyridine rings is 2. The molecule has 0 aliphatic carbocycles. The van der Waals surface area contributed by atoms with E-state index in [0.717, 1.165) is 35.3 Å². The third-order valence-electron chi connectivity index (χ3n) is 6.27. The predicted octanol–water partition coefficient (Wildman–Crippen LogP) is 5.11. The minimum absolute atomic E-state index is 0.142. The van der Waals surface area contributed by atoms with Crippen molar-refractivity contribution in [2.24, 2.45) is 0 Å². The lowest BCUT2D eigenvalue weighted by molar-refractivity contribution is 0.102. The third-order valence-corrected chi connectivity index (χ3v) is 6.27. The predicted molar refractivity (Wildman–Crippen MR) is 139 cm³/mol. The minimum atomic E-state index is -0.311. The Kier molecular flexibility index (Phi) is 6.06. The molecule has 1 unspecified atom stereocenters. The van der Waals surface area contributed by atoms with E-state index in [4.69, 9.17) is 10.5 Å². The van der Waals surface area contributed by atoms with Gasteiger partial charge in [-0.1, -0.05) is 24.3 Å². The van der Waals surface area contributed by atoms with E-state index in [9.17, 15) is 4.79 Å². The Morgan fingerprint density at radius 1 is 1.09 bits per heavy atom. The molecule has 2 aromatic carbocycles. The molecule has 1 atom stereocenters. The zero-order chi connectivity index (χ0) is 24.4. The smallest absolute Gasteiger partial charge is 0.255 e. The van der Waals surface area contributed by atoms with Crippen LogP contribution < -0.4 is 20.7 Å². The Balaban J connectivity index is 1.31. The maximum Gasteiger partial charge on any atom is 0.255 e. The van der Waals surface area contributed by atoms with E-state index in [1.54, 1.807) is 18.6 Å². The maximum absolute atomic E-state index is 12.9. The molecule has 0 saturated carbocycles. The van der Waals surface area contributed by atoms with E-state index in [1.165, 1.54) is 5.56 Å². The maximum atomic E-state index is 12.9. The highest BCUT2D eigenvalue weighted by molar-refractivity contribution is 6.05. The summed E-state index contributed by atoms with van der Waals surface area (Å²) in [6, 6.07) is 19.2. The number of nitrogens with two attached hydrogens (primary N) is 1. The fourth-order valence-electron chi connectivity index (χ4n) is 4.25. The van der Waals surface area contributed by atoms with Crippen LogP contribution in [-0.2, 0) is 6.42 Å². The zero-order valence-electron chi connectivity index (χ0n) is 19.7. The molecule has 35 heavy (non-hydrogen) atoms. The van der Waals surface area contributed by atoms with Gasteiger partial charge in [0.25, 0.3) is 5.91 Å². The SMILES string of the molecule is CC(Oc1cc(-c2cccnc2)cnc1N)c1cccc(NC(=O)c2ccc3c(c2)N(C)CC3)c1. The van der Waals surface area contributed by atoms with Crippen LogP contribution in [0.4, 0.5) is 17.2 Å². The number of fused-ring (bicyclic) bond motifs is 1. The summed E-state index contributed by atoms with van der Waals surface area (Å²) >= 11 is 0. The van der Waals surface area contributed by atoms with Gasteiger partial charge in [-0.05, 0) is 60.9 Å². The van der Waals surface area contributed by atoms with Crippen LogP contribution in [0.3, 0.4) is 0 Å². The second-order valence-corrected chi connectivity index (χ2v) is 8.70. The number of carbonyl (C=O) groups excluding carboxylic acids is 1. The van der Waals surface area contributed by atoms with Gasteiger partial charge < -0.3 is 20.7 Å². The summed E-state index contributed by atoms with van der Waals surface area (Å²) in [4.78, 5) is 23.5. The van der Waals surface area contributed by atoms with Crippen molar-refractivity contribution in [2.75, 3.05) is 29.5 Å². The summed E-state index contributed by atoms with van der Waals surface area (Å²) in [5, 5.41) is 3.01. The molecule has 0 spiro atoms. The van der Waals surface area contributed by atoms with E-state index >= 15 is 0 Å². The van der Waals surface area contributed by atoms with Gasteiger partial charge in [-0.25, -0.2) is 4.98 Å². The number of nitrogens with one attached hydrogen (secondary N) is 1. The average Bonchev–Trinajstić information content (AvgIpc) is 3.26. The molecule has 7 heteroatoms. The Morgan fingerprint density at radius 3 is 2.80 bits per heavy atom. The zero-order valence-corrected chi connectivity index (χ0v) is 19.7. The quantitative estimate of drug-likeness (QED) is 0.411. The first kappa shape index (κ1) is 22.4. The highest BCUT2D eigenvalue weighted by Gasteiger charge is 2.18. The molecule has 5 rings (SSSR count). The number of hydrogen-bond acceptors (Lipinski definition) is 6. The van der Waals surface area contributed by atoms with Crippen LogP contribution in [-0.4, -0.2) is 29.5 Å². The molecular weight excluding hydrogens is 438 g/mol. The Labute approximate surface area is 204 Å². The second-order valence-electron chi connectivity index (χ2n) is 8.70. The van der Waals surface area contributed by atoms with Crippen molar-refractivity contribution in [3.63, 3.8) is 0 Å².